The topological polar surface area (TPSA) is 29.5 Å². The summed E-state index contributed by atoms with van der Waals surface area (Å²) in [6.07, 6.45) is -2.67. The molecule has 0 radical (unpaired) electrons. The van der Waals surface area contributed by atoms with E-state index in [1.807, 2.05) is 0 Å². The number of ether oxygens (including phenoxy) is 1. The second-order valence-corrected chi connectivity index (χ2v) is 5.19. The molecule has 0 N–H and O–H groups in total. The fraction of sp³-hybridized carbons (Fsp3) is 0.533. The van der Waals surface area contributed by atoms with E-state index in [1.54, 1.807) is 18.1 Å². The zero-order valence-electron chi connectivity index (χ0n) is 11.8. The Bertz CT molecular complexity index is 494. The van der Waals surface area contributed by atoms with Gasteiger partial charge in [0, 0.05) is 20.2 Å². The first-order valence-electron chi connectivity index (χ1n) is 6.87. The lowest BCUT2D eigenvalue weighted by atomic mass is 10.0. The minimum absolute atomic E-state index is 0.00156. The van der Waals surface area contributed by atoms with Crippen LogP contribution in [0.4, 0.5) is 13.2 Å². The van der Waals surface area contributed by atoms with Crippen molar-refractivity contribution in [2.45, 2.75) is 31.5 Å². The molecule has 1 aromatic carbocycles. The molecular formula is C15H18F3NO2. The number of halogens is 3. The van der Waals surface area contributed by atoms with Crippen LogP contribution in [-0.4, -0.2) is 37.1 Å². The van der Waals surface area contributed by atoms with Crippen LogP contribution in [0.1, 0.15) is 24.0 Å². The second-order valence-electron chi connectivity index (χ2n) is 5.19. The molecule has 2 rings (SSSR count). The number of methoxy groups -OCH3 is 1. The number of hydrogen-bond acceptors (Lipinski definition) is 2. The number of carbonyl (C=O) groups is 1. The van der Waals surface area contributed by atoms with E-state index >= 15 is 0 Å². The van der Waals surface area contributed by atoms with E-state index in [2.05, 4.69) is 0 Å². The molecule has 0 bridgehead atoms. The molecule has 1 aromatic rings. The highest BCUT2D eigenvalue weighted by Crippen LogP contribution is 2.29. The summed E-state index contributed by atoms with van der Waals surface area (Å²) in [6, 6.07) is 4.94. The third-order valence-corrected chi connectivity index (χ3v) is 3.74. The molecule has 1 aliphatic heterocycles. The molecule has 116 valence electrons. The van der Waals surface area contributed by atoms with Gasteiger partial charge in [-0.2, -0.15) is 13.2 Å². The summed E-state index contributed by atoms with van der Waals surface area (Å²) in [7, 11) is 1.64. The van der Waals surface area contributed by atoms with E-state index in [4.69, 9.17) is 4.74 Å². The minimum atomic E-state index is -4.38. The van der Waals surface area contributed by atoms with E-state index < -0.39 is 11.7 Å². The minimum Gasteiger partial charge on any atom is -0.381 e. The van der Waals surface area contributed by atoms with Crippen LogP contribution in [0.3, 0.4) is 0 Å². The number of carbonyl (C=O) groups excluding carboxylic acids is 1. The van der Waals surface area contributed by atoms with Crippen molar-refractivity contribution in [3.05, 3.63) is 35.4 Å². The van der Waals surface area contributed by atoms with Gasteiger partial charge in [-0.05, 0) is 24.5 Å². The number of piperidine rings is 1. The third kappa shape index (κ3) is 4.20. The molecule has 1 aliphatic rings. The van der Waals surface area contributed by atoms with Gasteiger partial charge in [0.15, 0.2) is 0 Å². The first kappa shape index (κ1) is 15.8. The van der Waals surface area contributed by atoms with Crippen LogP contribution in [0.2, 0.25) is 0 Å². The van der Waals surface area contributed by atoms with E-state index in [-0.39, 0.29) is 18.4 Å². The summed E-state index contributed by atoms with van der Waals surface area (Å²) in [5.41, 5.74) is -0.324. The predicted octanol–water partition coefficient (Wildman–Crippen LogP) is 2.89. The Morgan fingerprint density at radius 2 is 2.00 bits per heavy atom. The maximum Gasteiger partial charge on any atom is 0.416 e. The fourth-order valence-electron chi connectivity index (χ4n) is 2.48. The lowest BCUT2D eigenvalue weighted by Gasteiger charge is -2.31. The summed E-state index contributed by atoms with van der Waals surface area (Å²) < 4.78 is 43.1. The molecule has 0 spiro atoms. The molecule has 0 aromatic heterocycles. The standard InChI is InChI=1S/C15H18F3NO2/c1-21-13-5-7-19(8-6-13)14(20)10-11-3-2-4-12(9-11)15(16,17)18/h2-4,9,13H,5-8,10H2,1H3. The van der Waals surface area contributed by atoms with Crippen LogP contribution >= 0.6 is 0 Å². The van der Waals surface area contributed by atoms with Gasteiger partial charge in [0.2, 0.25) is 5.91 Å². The highest BCUT2D eigenvalue weighted by molar-refractivity contribution is 5.78. The van der Waals surface area contributed by atoms with E-state index in [1.165, 1.54) is 6.07 Å². The number of hydrogen-bond donors (Lipinski definition) is 0. The monoisotopic (exact) mass is 301 g/mol. The maximum atomic E-state index is 12.6. The van der Waals surface area contributed by atoms with Crippen molar-refractivity contribution in [1.29, 1.82) is 0 Å². The van der Waals surface area contributed by atoms with Gasteiger partial charge in [-0.15, -0.1) is 0 Å². The van der Waals surface area contributed by atoms with Gasteiger partial charge in [-0.25, -0.2) is 0 Å². The normalized spacial score (nSPS) is 17.0. The predicted molar refractivity (Wildman–Crippen MR) is 71.8 cm³/mol. The molecule has 1 saturated heterocycles. The molecule has 0 unspecified atom stereocenters. The molecule has 6 heteroatoms. The molecule has 1 amide bonds. The number of amides is 1. The maximum absolute atomic E-state index is 12.6. The number of likely N-dealkylation sites (tertiary alicyclic amines) is 1. The summed E-state index contributed by atoms with van der Waals surface area (Å²) in [6.45, 7) is 1.19. The Balaban J connectivity index is 1.97. The number of alkyl halides is 3. The van der Waals surface area contributed by atoms with Gasteiger partial charge >= 0.3 is 6.18 Å². The Morgan fingerprint density at radius 3 is 2.57 bits per heavy atom. The molecule has 0 aliphatic carbocycles. The van der Waals surface area contributed by atoms with E-state index in [0.717, 1.165) is 25.0 Å². The summed E-state index contributed by atoms with van der Waals surface area (Å²) in [4.78, 5) is 13.8. The Morgan fingerprint density at radius 1 is 1.33 bits per heavy atom. The van der Waals surface area contributed by atoms with Gasteiger partial charge in [-0.1, -0.05) is 18.2 Å². The van der Waals surface area contributed by atoms with E-state index in [0.29, 0.717) is 18.7 Å². The lowest BCUT2D eigenvalue weighted by molar-refractivity contribution is -0.138. The van der Waals surface area contributed by atoms with Crippen molar-refractivity contribution in [3.63, 3.8) is 0 Å². The molecular weight excluding hydrogens is 283 g/mol. The highest BCUT2D eigenvalue weighted by atomic mass is 19.4. The Kier molecular flexibility index (Phi) is 4.88. The van der Waals surface area contributed by atoms with Crippen LogP contribution in [0.15, 0.2) is 24.3 Å². The van der Waals surface area contributed by atoms with Crippen molar-refractivity contribution in [2.24, 2.45) is 0 Å². The largest absolute Gasteiger partial charge is 0.416 e. The smallest absolute Gasteiger partial charge is 0.381 e. The van der Waals surface area contributed by atoms with Gasteiger partial charge in [0.05, 0.1) is 18.1 Å². The van der Waals surface area contributed by atoms with Crippen LogP contribution in [0, 0.1) is 0 Å². The number of nitrogens with zero attached hydrogens (tertiary/aromatic N) is 1. The molecule has 0 saturated carbocycles. The van der Waals surface area contributed by atoms with Crippen molar-refractivity contribution >= 4 is 5.91 Å². The van der Waals surface area contributed by atoms with Gasteiger partial charge in [-0.3, -0.25) is 4.79 Å². The summed E-state index contributed by atoms with van der Waals surface area (Å²) in [5, 5.41) is 0. The van der Waals surface area contributed by atoms with Crippen molar-refractivity contribution in [2.75, 3.05) is 20.2 Å². The van der Waals surface area contributed by atoms with Crippen molar-refractivity contribution in [3.8, 4) is 0 Å². The van der Waals surface area contributed by atoms with Crippen molar-refractivity contribution < 1.29 is 22.7 Å². The molecule has 0 atom stereocenters. The van der Waals surface area contributed by atoms with Crippen LogP contribution in [0.5, 0.6) is 0 Å². The first-order valence-corrected chi connectivity index (χ1v) is 6.87. The third-order valence-electron chi connectivity index (χ3n) is 3.74. The zero-order chi connectivity index (χ0) is 15.5. The summed E-state index contributed by atoms with van der Waals surface area (Å²) in [5.74, 6) is -0.135. The Labute approximate surface area is 121 Å². The van der Waals surface area contributed by atoms with Gasteiger partial charge in [0.1, 0.15) is 0 Å². The summed E-state index contributed by atoms with van der Waals surface area (Å²) >= 11 is 0. The average Bonchev–Trinajstić information content (AvgIpc) is 2.47. The van der Waals surface area contributed by atoms with Crippen LogP contribution in [-0.2, 0) is 22.1 Å². The molecule has 21 heavy (non-hydrogen) atoms. The fourth-order valence-corrected chi connectivity index (χ4v) is 2.48. The van der Waals surface area contributed by atoms with E-state index in [9.17, 15) is 18.0 Å². The lowest BCUT2D eigenvalue weighted by Crippen LogP contribution is -2.41. The van der Waals surface area contributed by atoms with Crippen LogP contribution in [0.25, 0.3) is 0 Å². The zero-order valence-corrected chi connectivity index (χ0v) is 11.8. The number of benzene rings is 1. The van der Waals surface area contributed by atoms with Crippen LogP contribution < -0.4 is 0 Å². The second kappa shape index (κ2) is 6.47. The van der Waals surface area contributed by atoms with Gasteiger partial charge < -0.3 is 9.64 Å². The average molecular weight is 301 g/mol. The highest BCUT2D eigenvalue weighted by Gasteiger charge is 2.30. The molecule has 1 fully saturated rings. The number of rotatable bonds is 3. The molecule has 3 nitrogen and oxygen atoms in total. The van der Waals surface area contributed by atoms with Crippen molar-refractivity contribution in [1.82, 2.24) is 4.90 Å². The quantitative estimate of drug-likeness (QED) is 0.859. The first-order chi connectivity index (χ1) is 9.90. The van der Waals surface area contributed by atoms with Gasteiger partial charge in [0.25, 0.3) is 0 Å². The SMILES string of the molecule is COC1CCN(C(=O)Cc2cccc(C(F)(F)F)c2)CC1. The Hall–Kier alpha value is -1.56. The molecule has 1 heterocycles.